The van der Waals surface area contributed by atoms with Gasteiger partial charge in [0, 0.05) is 63.3 Å². The molecule has 1 aromatic heterocycles. The van der Waals surface area contributed by atoms with Gasteiger partial charge in [0.15, 0.2) is 0 Å². The van der Waals surface area contributed by atoms with E-state index in [-0.39, 0.29) is 0 Å². The van der Waals surface area contributed by atoms with Crippen molar-refractivity contribution in [3.63, 3.8) is 0 Å². The topological polar surface area (TPSA) is 61.5 Å². The maximum atomic E-state index is 5.65. The van der Waals surface area contributed by atoms with E-state index in [4.69, 9.17) is 5.73 Å². The summed E-state index contributed by atoms with van der Waals surface area (Å²) in [5, 5.41) is 0. The van der Waals surface area contributed by atoms with Gasteiger partial charge in [-0.15, -0.1) is 0 Å². The summed E-state index contributed by atoms with van der Waals surface area (Å²) in [4.78, 5) is 16.0. The van der Waals surface area contributed by atoms with E-state index in [1.165, 1.54) is 0 Å². The van der Waals surface area contributed by atoms with Gasteiger partial charge in [-0.3, -0.25) is 4.90 Å². The lowest BCUT2D eigenvalue weighted by Gasteiger charge is -2.35. The molecular formula is C14H26N6. The highest BCUT2D eigenvalue weighted by Crippen LogP contribution is 2.13. The van der Waals surface area contributed by atoms with Gasteiger partial charge in [0.05, 0.1) is 0 Å². The van der Waals surface area contributed by atoms with Crippen LogP contribution in [0.25, 0.3) is 0 Å². The molecule has 20 heavy (non-hydrogen) atoms. The first kappa shape index (κ1) is 15.2. The van der Waals surface area contributed by atoms with Crippen molar-refractivity contribution in [2.24, 2.45) is 5.73 Å². The van der Waals surface area contributed by atoms with E-state index in [0.717, 1.165) is 56.5 Å². The summed E-state index contributed by atoms with van der Waals surface area (Å²) >= 11 is 0. The third kappa shape index (κ3) is 3.88. The van der Waals surface area contributed by atoms with Crippen LogP contribution in [-0.4, -0.2) is 73.1 Å². The standard InChI is InChI=1S/C14H26N6/c1-12-13(10-15)11-16-14(17-12)20-8-6-19(7-9-20)5-4-18(2)3/h11H,4-10,15H2,1-3H3. The summed E-state index contributed by atoms with van der Waals surface area (Å²) in [5.41, 5.74) is 7.67. The van der Waals surface area contributed by atoms with Gasteiger partial charge in [0.25, 0.3) is 0 Å². The average molecular weight is 278 g/mol. The van der Waals surface area contributed by atoms with Crippen LogP contribution in [-0.2, 0) is 6.54 Å². The van der Waals surface area contributed by atoms with Crippen LogP contribution in [0.2, 0.25) is 0 Å². The second-order valence-corrected chi connectivity index (χ2v) is 5.62. The molecule has 0 amide bonds. The van der Waals surface area contributed by atoms with Crippen molar-refractivity contribution in [3.05, 3.63) is 17.5 Å². The molecule has 0 unspecified atom stereocenters. The van der Waals surface area contributed by atoms with Crippen molar-refractivity contribution in [1.82, 2.24) is 19.8 Å². The Morgan fingerprint density at radius 1 is 1.25 bits per heavy atom. The van der Waals surface area contributed by atoms with E-state index >= 15 is 0 Å². The molecule has 0 aliphatic carbocycles. The van der Waals surface area contributed by atoms with Gasteiger partial charge in [-0.05, 0) is 21.0 Å². The fourth-order valence-electron chi connectivity index (χ4n) is 2.35. The molecule has 0 aromatic carbocycles. The number of hydrogen-bond acceptors (Lipinski definition) is 6. The highest BCUT2D eigenvalue weighted by Gasteiger charge is 2.19. The number of hydrogen-bond donors (Lipinski definition) is 1. The molecule has 2 heterocycles. The summed E-state index contributed by atoms with van der Waals surface area (Å²) in [6.07, 6.45) is 1.86. The summed E-state index contributed by atoms with van der Waals surface area (Å²) in [5.74, 6) is 0.840. The molecule has 6 heteroatoms. The van der Waals surface area contributed by atoms with E-state index in [1.54, 1.807) is 0 Å². The minimum Gasteiger partial charge on any atom is -0.338 e. The number of anilines is 1. The zero-order valence-electron chi connectivity index (χ0n) is 12.8. The van der Waals surface area contributed by atoms with Crippen molar-refractivity contribution < 1.29 is 0 Å². The predicted octanol–water partition coefficient (Wildman–Crippen LogP) is -0.0727. The Balaban J connectivity index is 1.88. The molecule has 0 radical (unpaired) electrons. The molecule has 1 aliphatic rings. The number of nitrogens with zero attached hydrogens (tertiary/aromatic N) is 5. The van der Waals surface area contributed by atoms with Gasteiger partial charge in [-0.25, -0.2) is 9.97 Å². The first-order valence-electron chi connectivity index (χ1n) is 7.24. The molecule has 1 aromatic rings. The van der Waals surface area contributed by atoms with E-state index in [0.29, 0.717) is 6.54 Å². The maximum absolute atomic E-state index is 5.65. The van der Waals surface area contributed by atoms with Crippen LogP contribution in [0.1, 0.15) is 11.3 Å². The van der Waals surface area contributed by atoms with E-state index in [1.807, 2.05) is 13.1 Å². The number of nitrogens with two attached hydrogens (primary N) is 1. The van der Waals surface area contributed by atoms with Crippen LogP contribution >= 0.6 is 0 Å². The Morgan fingerprint density at radius 3 is 2.50 bits per heavy atom. The highest BCUT2D eigenvalue weighted by molar-refractivity contribution is 5.33. The van der Waals surface area contributed by atoms with E-state index < -0.39 is 0 Å². The van der Waals surface area contributed by atoms with Crippen molar-refractivity contribution in [3.8, 4) is 0 Å². The number of piperazine rings is 1. The molecule has 0 atom stereocenters. The average Bonchev–Trinajstić information content (AvgIpc) is 2.45. The van der Waals surface area contributed by atoms with Crippen LogP contribution in [0.5, 0.6) is 0 Å². The maximum Gasteiger partial charge on any atom is 0.225 e. The SMILES string of the molecule is Cc1nc(N2CCN(CCN(C)C)CC2)ncc1CN. The van der Waals surface area contributed by atoms with Crippen molar-refractivity contribution in [2.75, 3.05) is 58.3 Å². The Hall–Kier alpha value is -1.24. The third-order valence-corrected chi connectivity index (χ3v) is 3.81. The predicted molar refractivity (Wildman–Crippen MR) is 81.9 cm³/mol. The summed E-state index contributed by atoms with van der Waals surface area (Å²) < 4.78 is 0. The second-order valence-electron chi connectivity index (χ2n) is 5.62. The minimum atomic E-state index is 0.504. The lowest BCUT2D eigenvalue weighted by molar-refractivity contribution is 0.228. The lowest BCUT2D eigenvalue weighted by atomic mass is 10.2. The fraction of sp³-hybridized carbons (Fsp3) is 0.714. The monoisotopic (exact) mass is 278 g/mol. The molecule has 1 saturated heterocycles. The van der Waals surface area contributed by atoms with E-state index in [9.17, 15) is 0 Å². The normalized spacial score (nSPS) is 16.9. The second kappa shape index (κ2) is 6.97. The molecule has 0 spiro atoms. The van der Waals surface area contributed by atoms with Gasteiger partial charge in [-0.1, -0.05) is 0 Å². The zero-order valence-corrected chi connectivity index (χ0v) is 12.8. The van der Waals surface area contributed by atoms with Gasteiger partial charge in [0.1, 0.15) is 0 Å². The summed E-state index contributed by atoms with van der Waals surface area (Å²) in [6, 6.07) is 0. The Labute approximate surface area is 121 Å². The van der Waals surface area contributed by atoms with Crippen molar-refractivity contribution in [2.45, 2.75) is 13.5 Å². The fourth-order valence-corrected chi connectivity index (χ4v) is 2.35. The Morgan fingerprint density at radius 2 is 1.95 bits per heavy atom. The molecular weight excluding hydrogens is 252 g/mol. The third-order valence-electron chi connectivity index (χ3n) is 3.81. The molecule has 6 nitrogen and oxygen atoms in total. The summed E-state index contributed by atoms with van der Waals surface area (Å²) in [6.45, 7) is 8.90. The summed E-state index contributed by atoms with van der Waals surface area (Å²) in [7, 11) is 4.23. The van der Waals surface area contributed by atoms with Crippen LogP contribution in [0.4, 0.5) is 5.95 Å². The minimum absolute atomic E-state index is 0.504. The molecule has 1 aliphatic heterocycles. The first-order valence-corrected chi connectivity index (χ1v) is 7.24. The van der Waals surface area contributed by atoms with Crippen LogP contribution < -0.4 is 10.6 Å². The van der Waals surface area contributed by atoms with E-state index in [2.05, 4.69) is 38.8 Å². The van der Waals surface area contributed by atoms with Gasteiger partial charge in [0.2, 0.25) is 5.95 Å². The lowest BCUT2D eigenvalue weighted by Crippen LogP contribution is -2.48. The number of likely N-dealkylation sites (N-methyl/N-ethyl adjacent to an activating group) is 1. The number of aromatic nitrogens is 2. The smallest absolute Gasteiger partial charge is 0.225 e. The number of aryl methyl sites for hydroxylation is 1. The Bertz CT molecular complexity index is 426. The van der Waals surface area contributed by atoms with Crippen LogP contribution in [0.3, 0.4) is 0 Å². The van der Waals surface area contributed by atoms with Crippen molar-refractivity contribution in [1.29, 1.82) is 0 Å². The van der Waals surface area contributed by atoms with Gasteiger partial charge >= 0.3 is 0 Å². The molecule has 1 fully saturated rings. The number of rotatable bonds is 5. The van der Waals surface area contributed by atoms with Gasteiger partial charge in [-0.2, -0.15) is 0 Å². The molecule has 112 valence electrons. The molecule has 0 saturated carbocycles. The van der Waals surface area contributed by atoms with Crippen LogP contribution in [0.15, 0.2) is 6.20 Å². The molecule has 2 rings (SSSR count). The van der Waals surface area contributed by atoms with Crippen molar-refractivity contribution >= 4 is 5.95 Å². The van der Waals surface area contributed by atoms with Crippen LogP contribution in [0, 0.1) is 6.92 Å². The van der Waals surface area contributed by atoms with Gasteiger partial charge < -0.3 is 15.5 Å². The Kier molecular flexibility index (Phi) is 5.28. The molecule has 0 bridgehead atoms. The largest absolute Gasteiger partial charge is 0.338 e. The molecule has 2 N–H and O–H groups in total. The zero-order chi connectivity index (χ0) is 14.5. The highest BCUT2D eigenvalue weighted by atomic mass is 15.3. The quantitative estimate of drug-likeness (QED) is 0.813. The first-order chi connectivity index (χ1) is 9.60.